The Kier molecular flexibility index (Phi) is 7.52. The molecule has 1 fully saturated rings. The van der Waals surface area contributed by atoms with Gasteiger partial charge >= 0.3 is 0 Å². The van der Waals surface area contributed by atoms with Crippen molar-refractivity contribution < 1.29 is 22.1 Å². The molecule has 1 atom stereocenters. The first kappa shape index (κ1) is 21.6. The van der Waals surface area contributed by atoms with Crippen molar-refractivity contribution in [2.24, 2.45) is 5.92 Å². The van der Waals surface area contributed by atoms with E-state index in [0.717, 1.165) is 49.5 Å². The van der Waals surface area contributed by atoms with Gasteiger partial charge in [-0.3, -0.25) is 4.18 Å². The summed E-state index contributed by atoms with van der Waals surface area (Å²) in [6.45, 7) is 2.99. The first-order valence-corrected chi connectivity index (χ1v) is 11.4. The average Bonchev–Trinajstić information content (AvgIpc) is 3.19. The lowest BCUT2D eigenvalue weighted by molar-refractivity contribution is 0.245. The summed E-state index contributed by atoms with van der Waals surface area (Å²) in [5.41, 5.74) is 1.93. The molecule has 0 N–H and O–H groups in total. The van der Waals surface area contributed by atoms with Crippen LogP contribution in [0.4, 0.5) is 0 Å². The first-order chi connectivity index (χ1) is 14.0. The van der Waals surface area contributed by atoms with Gasteiger partial charge in [0, 0.05) is 13.1 Å². The van der Waals surface area contributed by atoms with Gasteiger partial charge in [-0.2, -0.15) is 8.42 Å². The fraction of sp³-hybridized carbons (Fsp3) is 0.455. The molecule has 158 valence electrons. The van der Waals surface area contributed by atoms with E-state index < -0.39 is 10.1 Å². The Bertz CT molecular complexity index is 885. The monoisotopic (exact) mass is 419 g/mol. The standard InChI is InChI=1S/C22H29NO5S/c1-26-21-9-8-18(14-22(21)27-2)10-12-23-13-11-20(15-23)16-28-29(24,25)17-19-6-4-3-5-7-19/h3-9,14,20H,10-13,15-17H2,1-2H3. The van der Waals surface area contributed by atoms with E-state index in [9.17, 15) is 8.42 Å². The molecule has 29 heavy (non-hydrogen) atoms. The van der Waals surface area contributed by atoms with Crippen LogP contribution in [0.5, 0.6) is 11.5 Å². The third-order valence-corrected chi connectivity index (χ3v) is 6.39. The van der Waals surface area contributed by atoms with Gasteiger partial charge in [-0.15, -0.1) is 0 Å². The Labute approximate surface area is 173 Å². The Morgan fingerprint density at radius 1 is 1.00 bits per heavy atom. The topological polar surface area (TPSA) is 65.1 Å². The van der Waals surface area contributed by atoms with Crippen molar-refractivity contribution in [3.63, 3.8) is 0 Å². The number of nitrogens with zero attached hydrogens (tertiary/aromatic N) is 1. The van der Waals surface area contributed by atoms with Crippen LogP contribution in [-0.4, -0.2) is 53.8 Å². The van der Waals surface area contributed by atoms with Crippen molar-refractivity contribution in [1.29, 1.82) is 0 Å². The lowest BCUT2D eigenvalue weighted by Crippen LogP contribution is -2.25. The van der Waals surface area contributed by atoms with Gasteiger partial charge in [0.2, 0.25) is 0 Å². The summed E-state index contributed by atoms with van der Waals surface area (Å²) in [5, 5.41) is 0. The van der Waals surface area contributed by atoms with E-state index in [1.165, 1.54) is 5.56 Å². The van der Waals surface area contributed by atoms with Gasteiger partial charge < -0.3 is 14.4 Å². The summed E-state index contributed by atoms with van der Waals surface area (Å²) < 4.78 is 40.3. The Morgan fingerprint density at radius 3 is 2.48 bits per heavy atom. The van der Waals surface area contributed by atoms with Gasteiger partial charge in [-0.05, 0) is 48.6 Å². The molecule has 3 rings (SSSR count). The second-order valence-electron chi connectivity index (χ2n) is 7.37. The predicted molar refractivity (Wildman–Crippen MR) is 113 cm³/mol. The Morgan fingerprint density at radius 2 is 1.76 bits per heavy atom. The second-order valence-corrected chi connectivity index (χ2v) is 9.01. The number of ether oxygens (including phenoxy) is 2. The molecule has 1 unspecified atom stereocenters. The van der Waals surface area contributed by atoms with Crippen molar-refractivity contribution in [3.8, 4) is 11.5 Å². The summed E-state index contributed by atoms with van der Waals surface area (Å²) >= 11 is 0. The van der Waals surface area contributed by atoms with E-state index in [4.69, 9.17) is 13.7 Å². The highest BCUT2D eigenvalue weighted by Crippen LogP contribution is 2.28. The zero-order valence-electron chi connectivity index (χ0n) is 17.0. The summed E-state index contributed by atoms with van der Waals surface area (Å²) in [6, 6.07) is 15.1. The molecule has 1 aliphatic heterocycles. The summed E-state index contributed by atoms with van der Waals surface area (Å²) in [4.78, 5) is 2.36. The van der Waals surface area contributed by atoms with Crippen LogP contribution in [0.3, 0.4) is 0 Å². The third kappa shape index (κ3) is 6.45. The smallest absolute Gasteiger partial charge is 0.271 e. The molecule has 6 nitrogen and oxygen atoms in total. The molecule has 2 aromatic carbocycles. The molecule has 1 aliphatic rings. The number of benzene rings is 2. The van der Waals surface area contributed by atoms with Crippen LogP contribution >= 0.6 is 0 Å². The Hall–Kier alpha value is -2.09. The average molecular weight is 420 g/mol. The molecular formula is C22H29NO5S. The first-order valence-electron chi connectivity index (χ1n) is 9.83. The fourth-order valence-electron chi connectivity index (χ4n) is 3.60. The highest BCUT2D eigenvalue weighted by molar-refractivity contribution is 7.85. The van der Waals surface area contributed by atoms with E-state index in [-0.39, 0.29) is 18.3 Å². The van der Waals surface area contributed by atoms with Gasteiger partial charge in [0.25, 0.3) is 10.1 Å². The minimum Gasteiger partial charge on any atom is -0.493 e. The van der Waals surface area contributed by atoms with Crippen molar-refractivity contribution in [2.75, 3.05) is 40.5 Å². The van der Waals surface area contributed by atoms with E-state index in [1.807, 2.05) is 36.4 Å². The van der Waals surface area contributed by atoms with E-state index in [1.54, 1.807) is 26.4 Å². The number of methoxy groups -OCH3 is 2. The maximum Gasteiger partial charge on any atom is 0.271 e. The molecule has 7 heteroatoms. The highest BCUT2D eigenvalue weighted by Gasteiger charge is 2.24. The summed E-state index contributed by atoms with van der Waals surface area (Å²) in [7, 11) is -0.287. The molecular weight excluding hydrogens is 390 g/mol. The van der Waals surface area contributed by atoms with Crippen molar-refractivity contribution in [1.82, 2.24) is 4.90 Å². The maximum atomic E-state index is 12.2. The van der Waals surface area contributed by atoms with Crippen LogP contribution in [0.15, 0.2) is 48.5 Å². The summed E-state index contributed by atoms with van der Waals surface area (Å²) in [6.07, 6.45) is 1.85. The van der Waals surface area contributed by atoms with Crippen LogP contribution in [0.1, 0.15) is 17.5 Å². The lowest BCUT2D eigenvalue weighted by atomic mass is 10.1. The zero-order valence-corrected chi connectivity index (χ0v) is 17.9. The highest BCUT2D eigenvalue weighted by atomic mass is 32.2. The van der Waals surface area contributed by atoms with Gasteiger partial charge in [-0.25, -0.2) is 0 Å². The molecule has 0 spiro atoms. The van der Waals surface area contributed by atoms with Crippen molar-refractivity contribution in [3.05, 3.63) is 59.7 Å². The predicted octanol–water partition coefficient (Wildman–Crippen LogP) is 3.11. The summed E-state index contributed by atoms with van der Waals surface area (Å²) in [5.74, 6) is 1.63. The molecule has 0 aromatic heterocycles. The Balaban J connectivity index is 1.43. The van der Waals surface area contributed by atoms with Crippen LogP contribution in [-0.2, 0) is 26.5 Å². The minimum absolute atomic E-state index is 0.0798. The van der Waals surface area contributed by atoms with Crippen LogP contribution in [0.2, 0.25) is 0 Å². The molecule has 0 bridgehead atoms. The quantitative estimate of drug-likeness (QED) is 0.552. The largest absolute Gasteiger partial charge is 0.493 e. The number of likely N-dealkylation sites (tertiary alicyclic amines) is 1. The van der Waals surface area contributed by atoms with Crippen molar-refractivity contribution in [2.45, 2.75) is 18.6 Å². The number of rotatable bonds is 10. The zero-order chi connectivity index (χ0) is 20.7. The molecule has 0 aliphatic carbocycles. The van der Waals surface area contributed by atoms with Gasteiger partial charge in [0.05, 0.1) is 20.8 Å². The normalized spacial score (nSPS) is 17.4. The molecule has 1 heterocycles. The van der Waals surface area contributed by atoms with Crippen LogP contribution < -0.4 is 9.47 Å². The molecule has 0 saturated carbocycles. The van der Waals surface area contributed by atoms with E-state index in [2.05, 4.69) is 4.90 Å². The minimum atomic E-state index is -3.55. The molecule has 0 amide bonds. The molecule has 2 aromatic rings. The van der Waals surface area contributed by atoms with E-state index in [0.29, 0.717) is 0 Å². The SMILES string of the molecule is COc1ccc(CCN2CCC(COS(=O)(=O)Cc3ccccc3)C2)cc1OC. The fourth-order valence-corrected chi connectivity index (χ4v) is 4.68. The lowest BCUT2D eigenvalue weighted by Gasteiger charge is -2.17. The van der Waals surface area contributed by atoms with Crippen molar-refractivity contribution >= 4 is 10.1 Å². The second kappa shape index (κ2) is 10.1. The van der Waals surface area contributed by atoms with Gasteiger partial charge in [-0.1, -0.05) is 36.4 Å². The number of hydrogen-bond acceptors (Lipinski definition) is 6. The van der Waals surface area contributed by atoms with Gasteiger partial charge in [0.15, 0.2) is 11.5 Å². The van der Waals surface area contributed by atoms with E-state index >= 15 is 0 Å². The number of hydrogen-bond donors (Lipinski definition) is 0. The molecule has 1 saturated heterocycles. The van der Waals surface area contributed by atoms with Gasteiger partial charge in [0.1, 0.15) is 5.75 Å². The van der Waals surface area contributed by atoms with Crippen LogP contribution in [0, 0.1) is 5.92 Å². The third-order valence-electron chi connectivity index (χ3n) is 5.20. The molecule has 0 radical (unpaired) electrons. The van der Waals surface area contributed by atoms with Crippen LogP contribution in [0.25, 0.3) is 0 Å². The maximum absolute atomic E-state index is 12.2.